The van der Waals surface area contributed by atoms with Gasteiger partial charge in [0.2, 0.25) is 0 Å². The smallest absolute Gasteiger partial charge is 0.0846 e. The summed E-state index contributed by atoms with van der Waals surface area (Å²) in [5, 5.41) is 2.14. The highest BCUT2D eigenvalue weighted by Crippen LogP contribution is 2.38. The molecular weight excluding hydrogens is 298 g/mol. The minimum Gasteiger partial charge on any atom is -0.373 e. The van der Waals surface area contributed by atoms with Gasteiger partial charge in [-0.1, -0.05) is 24.3 Å². The number of benzene rings is 1. The van der Waals surface area contributed by atoms with Crippen molar-refractivity contribution in [3.05, 3.63) is 57.8 Å². The normalized spacial score (nSPS) is 19.6. The molecule has 0 spiro atoms. The van der Waals surface area contributed by atoms with Crippen LogP contribution in [0.3, 0.4) is 0 Å². The molecule has 0 saturated heterocycles. The molecule has 0 saturated carbocycles. The third kappa shape index (κ3) is 2.53. The fraction of sp³-hybridized carbons (Fsp3) is 0.294. The Morgan fingerprint density at radius 1 is 1.24 bits per heavy atom. The van der Waals surface area contributed by atoms with Gasteiger partial charge in [0.25, 0.3) is 0 Å². The van der Waals surface area contributed by atoms with E-state index in [9.17, 15) is 0 Å². The van der Waals surface area contributed by atoms with Crippen molar-refractivity contribution in [1.82, 2.24) is 0 Å². The molecule has 2 unspecified atom stereocenters. The maximum Gasteiger partial charge on any atom is 0.0846 e. The summed E-state index contributed by atoms with van der Waals surface area (Å²) in [6.07, 6.45) is 1.99. The van der Waals surface area contributed by atoms with Crippen LogP contribution in [0.5, 0.6) is 0 Å². The highest BCUT2D eigenvalue weighted by Gasteiger charge is 2.24. The fourth-order valence-electron chi connectivity index (χ4n) is 2.99. The molecule has 4 heteroatoms. The molecule has 3 aromatic rings. The summed E-state index contributed by atoms with van der Waals surface area (Å²) in [7, 11) is 0. The molecule has 1 aromatic carbocycles. The first kappa shape index (κ1) is 13.5. The standard InChI is InChI=1S/C17H17NOS2/c18-13(16-10-17-15(21-16)6-8-20-17)9-14-12-4-2-1-3-11(12)5-7-19-14/h1-4,6,8,10,13-14H,5,7,9,18H2. The average Bonchev–Trinajstić information content (AvgIpc) is 3.09. The molecule has 0 bridgehead atoms. The van der Waals surface area contributed by atoms with Crippen molar-refractivity contribution in [3.63, 3.8) is 0 Å². The second kappa shape index (κ2) is 5.54. The summed E-state index contributed by atoms with van der Waals surface area (Å²) in [6.45, 7) is 0.800. The first-order valence-electron chi connectivity index (χ1n) is 7.23. The van der Waals surface area contributed by atoms with Gasteiger partial charge >= 0.3 is 0 Å². The van der Waals surface area contributed by atoms with Crippen molar-refractivity contribution in [1.29, 1.82) is 0 Å². The fourth-order valence-corrected chi connectivity index (χ4v) is 5.12. The lowest BCUT2D eigenvalue weighted by Crippen LogP contribution is -2.21. The van der Waals surface area contributed by atoms with Gasteiger partial charge in [0.15, 0.2) is 0 Å². The monoisotopic (exact) mass is 315 g/mol. The number of fused-ring (bicyclic) bond motifs is 2. The van der Waals surface area contributed by atoms with Crippen LogP contribution < -0.4 is 5.73 Å². The number of thiophene rings is 2. The van der Waals surface area contributed by atoms with Crippen molar-refractivity contribution in [3.8, 4) is 0 Å². The first-order valence-corrected chi connectivity index (χ1v) is 8.93. The van der Waals surface area contributed by atoms with E-state index in [0.717, 1.165) is 19.4 Å². The lowest BCUT2D eigenvalue weighted by atomic mass is 9.93. The van der Waals surface area contributed by atoms with Crippen molar-refractivity contribution >= 4 is 32.1 Å². The Morgan fingerprint density at radius 2 is 2.14 bits per heavy atom. The van der Waals surface area contributed by atoms with E-state index in [-0.39, 0.29) is 12.1 Å². The van der Waals surface area contributed by atoms with Crippen LogP contribution >= 0.6 is 22.7 Å². The van der Waals surface area contributed by atoms with Crippen LogP contribution in [0.4, 0.5) is 0 Å². The molecule has 2 N–H and O–H groups in total. The van der Waals surface area contributed by atoms with Gasteiger partial charge in [0, 0.05) is 20.3 Å². The van der Waals surface area contributed by atoms with Gasteiger partial charge in [-0.2, -0.15) is 0 Å². The molecule has 1 aliphatic heterocycles. The predicted octanol–water partition coefficient (Wildman–Crippen LogP) is 4.67. The van der Waals surface area contributed by atoms with Gasteiger partial charge in [-0.3, -0.25) is 0 Å². The SMILES string of the molecule is NC(CC1OCCc2ccccc21)c1cc2sccc2s1. The molecule has 0 amide bonds. The Hall–Kier alpha value is -1.20. The summed E-state index contributed by atoms with van der Waals surface area (Å²) in [5.41, 5.74) is 9.17. The maximum atomic E-state index is 6.44. The molecular formula is C17H17NOS2. The first-order chi connectivity index (χ1) is 10.3. The maximum absolute atomic E-state index is 6.44. The van der Waals surface area contributed by atoms with Crippen molar-refractivity contribution < 1.29 is 4.74 Å². The van der Waals surface area contributed by atoms with Crippen LogP contribution in [-0.2, 0) is 11.2 Å². The van der Waals surface area contributed by atoms with E-state index in [1.165, 1.54) is 25.4 Å². The van der Waals surface area contributed by atoms with Crippen LogP contribution in [0.1, 0.15) is 34.6 Å². The van der Waals surface area contributed by atoms with Gasteiger partial charge in [-0.05, 0) is 41.5 Å². The lowest BCUT2D eigenvalue weighted by molar-refractivity contribution is 0.0322. The Labute approximate surface area is 132 Å². The zero-order valence-electron chi connectivity index (χ0n) is 11.6. The molecule has 2 nitrogen and oxygen atoms in total. The highest BCUT2D eigenvalue weighted by molar-refractivity contribution is 7.26. The van der Waals surface area contributed by atoms with Crippen LogP contribution in [0, 0.1) is 0 Å². The molecule has 2 atom stereocenters. The molecule has 1 aliphatic rings. The molecule has 0 radical (unpaired) electrons. The molecule has 4 rings (SSSR count). The van der Waals surface area contributed by atoms with E-state index in [1.54, 1.807) is 11.3 Å². The van der Waals surface area contributed by atoms with Gasteiger partial charge < -0.3 is 10.5 Å². The van der Waals surface area contributed by atoms with Crippen LogP contribution in [-0.4, -0.2) is 6.61 Å². The van der Waals surface area contributed by atoms with E-state index < -0.39 is 0 Å². The third-order valence-electron chi connectivity index (χ3n) is 4.08. The summed E-state index contributed by atoms with van der Waals surface area (Å²) in [5.74, 6) is 0. The van der Waals surface area contributed by atoms with Gasteiger partial charge in [0.05, 0.1) is 12.7 Å². The lowest BCUT2D eigenvalue weighted by Gasteiger charge is -2.27. The van der Waals surface area contributed by atoms with E-state index in [0.29, 0.717) is 0 Å². The minimum absolute atomic E-state index is 0.0470. The van der Waals surface area contributed by atoms with Gasteiger partial charge in [0.1, 0.15) is 0 Å². The molecule has 108 valence electrons. The van der Waals surface area contributed by atoms with Gasteiger partial charge in [-0.15, -0.1) is 22.7 Å². The zero-order chi connectivity index (χ0) is 14.2. The van der Waals surface area contributed by atoms with Crippen LogP contribution in [0.2, 0.25) is 0 Å². The molecule has 0 fully saturated rings. The molecule has 0 aliphatic carbocycles. The van der Waals surface area contributed by atoms with Crippen molar-refractivity contribution in [2.45, 2.75) is 25.0 Å². The molecule has 3 heterocycles. The largest absolute Gasteiger partial charge is 0.373 e. The summed E-state index contributed by atoms with van der Waals surface area (Å²) < 4.78 is 8.67. The van der Waals surface area contributed by atoms with Crippen LogP contribution in [0.15, 0.2) is 41.8 Å². The molecule has 21 heavy (non-hydrogen) atoms. The number of ether oxygens (including phenoxy) is 1. The predicted molar refractivity (Wildman–Crippen MR) is 90.1 cm³/mol. The number of hydrogen-bond donors (Lipinski definition) is 1. The third-order valence-corrected chi connectivity index (χ3v) is 6.31. The Bertz CT molecular complexity index is 732. The van der Waals surface area contributed by atoms with Gasteiger partial charge in [-0.25, -0.2) is 0 Å². The van der Waals surface area contributed by atoms with E-state index in [4.69, 9.17) is 10.5 Å². The quantitative estimate of drug-likeness (QED) is 0.762. The summed E-state index contributed by atoms with van der Waals surface area (Å²) in [6, 6.07) is 13.0. The van der Waals surface area contributed by atoms with Crippen molar-refractivity contribution in [2.75, 3.05) is 6.61 Å². The van der Waals surface area contributed by atoms with E-state index >= 15 is 0 Å². The second-order valence-electron chi connectivity index (χ2n) is 5.45. The minimum atomic E-state index is 0.0470. The Kier molecular flexibility index (Phi) is 3.55. The zero-order valence-corrected chi connectivity index (χ0v) is 13.3. The number of hydrogen-bond acceptors (Lipinski definition) is 4. The van der Waals surface area contributed by atoms with E-state index in [1.807, 2.05) is 11.3 Å². The molecule has 2 aromatic heterocycles. The average molecular weight is 315 g/mol. The second-order valence-corrected chi connectivity index (χ2v) is 7.51. The summed E-state index contributed by atoms with van der Waals surface area (Å²) >= 11 is 3.60. The van der Waals surface area contributed by atoms with Crippen LogP contribution in [0.25, 0.3) is 9.40 Å². The number of rotatable bonds is 3. The summed E-state index contributed by atoms with van der Waals surface area (Å²) in [4.78, 5) is 1.27. The Balaban J connectivity index is 1.57. The number of nitrogens with two attached hydrogens (primary N) is 1. The topological polar surface area (TPSA) is 35.2 Å². The Morgan fingerprint density at radius 3 is 3.05 bits per heavy atom. The van der Waals surface area contributed by atoms with Crippen molar-refractivity contribution in [2.24, 2.45) is 5.73 Å². The van der Waals surface area contributed by atoms with E-state index in [2.05, 4.69) is 41.8 Å². The highest BCUT2D eigenvalue weighted by atomic mass is 32.1.